The van der Waals surface area contributed by atoms with Gasteiger partial charge in [-0.2, -0.15) is 0 Å². The van der Waals surface area contributed by atoms with E-state index in [0.29, 0.717) is 15.6 Å². The van der Waals surface area contributed by atoms with E-state index >= 15 is 0 Å². The fraction of sp³-hybridized carbons (Fsp3) is 0.565. The van der Waals surface area contributed by atoms with Crippen LogP contribution in [0.2, 0.25) is 5.02 Å². The van der Waals surface area contributed by atoms with E-state index in [1.54, 1.807) is 12.1 Å². The first-order valence-corrected chi connectivity index (χ1v) is 12.6. The first-order chi connectivity index (χ1) is 15.8. The molecular formula is C23H31ClN4O4S. The van der Waals surface area contributed by atoms with Gasteiger partial charge < -0.3 is 25.4 Å². The zero-order valence-electron chi connectivity index (χ0n) is 19.2. The number of aromatic hydroxyl groups is 1. The molecule has 0 spiro atoms. The molecule has 180 valence electrons. The zero-order chi connectivity index (χ0) is 23.7. The van der Waals surface area contributed by atoms with E-state index in [0.717, 1.165) is 45.4 Å². The number of benzene rings is 1. The first kappa shape index (κ1) is 24.3. The van der Waals surface area contributed by atoms with E-state index < -0.39 is 10.9 Å². The number of nitrogens with zero attached hydrogens (tertiary/aromatic N) is 2. The maximum Gasteiger partial charge on any atom is 0.253 e. The number of piperazine rings is 1. The van der Waals surface area contributed by atoms with Crippen molar-refractivity contribution in [2.45, 2.75) is 56.3 Å². The predicted molar refractivity (Wildman–Crippen MR) is 134 cm³/mol. The van der Waals surface area contributed by atoms with Crippen LogP contribution in [0, 0.1) is 0 Å². The molecule has 2 aliphatic rings. The second-order valence-corrected chi connectivity index (χ2v) is 10.4. The number of nitrogens with one attached hydrogen (secondary N) is 2. The van der Waals surface area contributed by atoms with E-state index in [1.165, 1.54) is 11.9 Å². The minimum Gasteiger partial charge on any atom is -0.505 e. The molecule has 0 bridgehead atoms. The van der Waals surface area contributed by atoms with E-state index in [1.807, 2.05) is 13.8 Å². The summed E-state index contributed by atoms with van der Waals surface area (Å²) in [4.78, 5) is 27.5. The Bertz CT molecular complexity index is 1070. The van der Waals surface area contributed by atoms with Crippen LogP contribution in [0.5, 0.6) is 5.75 Å². The minimum absolute atomic E-state index is 0.00206. The first-order valence-electron chi connectivity index (χ1n) is 11.4. The predicted octanol–water partition coefficient (Wildman–Crippen LogP) is 3.40. The van der Waals surface area contributed by atoms with Gasteiger partial charge in [0.05, 0.1) is 33.9 Å². The lowest BCUT2D eigenvalue weighted by molar-refractivity contribution is 0.0438. The van der Waals surface area contributed by atoms with Crippen molar-refractivity contribution in [3.05, 3.63) is 37.6 Å². The molecule has 2 fully saturated rings. The molecule has 2 aromatic carbocycles. The van der Waals surface area contributed by atoms with Gasteiger partial charge in [0.1, 0.15) is 11.4 Å². The summed E-state index contributed by atoms with van der Waals surface area (Å²) in [5.41, 5.74) is -0.404. The van der Waals surface area contributed by atoms with Crippen molar-refractivity contribution in [1.82, 2.24) is 9.21 Å². The largest absolute Gasteiger partial charge is 0.505 e. The highest BCUT2D eigenvalue weighted by Crippen LogP contribution is 2.43. The summed E-state index contributed by atoms with van der Waals surface area (Å²) in [5.74, 6) is -0.0366. The molecular weight excluding hydrogens is 464 g/mol. The summed E-state index contributed by atoms with van der Waals surface area (Å²) in [5, 5.41) is 17.6. The van der Waals surface area contributed by atoms with Crippen molar-refractivity contribution in [2.24, 2.45) is 0 Å². The number of hydrogen-bond acceptors (Lipinski definition) is 9. The van der Waals surface area contributed by atoms with Crippen LogP contribution >= 0.6 is 23.5 Å². The molecule has 4 rings (SSSR count). The fourth-order valence-electron chi connectivity index (χ4n) is 4.30. The van der Waals surface area contributed by atoms with Crippen LogP contribution in [-0.4, -0.2) is 65.8 Å². The number of anilines is 3. The highest BCUT2D eigenvalue weighted by molar-refractivity contribution is 7.97. The van der Waals surface area contributed by atoms with Crippen molar-refractivity contribution in [3.8, 4) is 5.75 Å². The van der Waals surface area contributed by atoms with E-state index in [9.17, 15) is 14.7 Å². The molecule has 0 aromatic heterocycles. The molecule has 2 heterocycles. The van der Waals surface area contributed by atoms with Gasteiger partial charge in [0.25, 0.3) is 10.9 Å². The van der Waals surface area contributed by atoms with Crippen molar-refractivity contribution >= 4 is 40.6 Å². The molecule has 3 N–H and O–H groups in total. The molecule has 3 atom stereocenters. The fourth-order valence-corrected chi connectivity index (χ4v) is 5.51. The van der Waals surface area contributed by atoms with Crippen LogP contribution in [-0.2, 0) is 4.74 Å². The Morgan fingerprint density at radius 3 is 2.52 bits per heavy atom. The van der Waals surface area contributed by atoms with Crippen LogP contribution in [0.3, 0.4) is 0 Å². The summed E-state index contributed by atoms with van der Waals surface area (Å²) >= 11 is 7.79. The summed E-state index contributed by atoms with van der Waals surface area (Å²) in [6.45, 7) is 7.63. The zero-order valence-corrected chi connectivity index (χ0v) is 20.8. The van der Waals surface area contributed by atoms with Crippen molar-refractivity contribution in [2.75, 3.05) is 43.9 Å². The quantitative estimate of drug-likeness (QED) is 0.290. The third-order valence-corrected chi connectivity index (χ3v) is 8.07. The maximum absolute atomic E-state index is 12.4. The van der Waals surface area contributed by atoms with Crippen molar-refractivity contribution in [1.29, 1.82) is 0 Å². The lowest BCUT2D eigenvalue weighted by Crippen LogP contribution is -2.42. The van der Waals surface area contributed by atoms with Crippen LogP contribution in [0.15, 0.2) is 26.6 Å². The Morgan fingerprint density at radius 1 is 1.18 bits per heavy atom. The molecule has 10 heteroatoms. The van der Waals surface area contributed by atoms with Crippen molar-refractivity contribution < 1.29 is 9.84 Å². The van der Waals surface area contributed by atoms with Crippen molar-refractivity contribution in [3.63, 3.8) is 0 Å². The van der Waals surface area contributed by atoms with Crippen LogP contribution in [0.25, 0.3) is 0 Å². The standard InChI is InChI=1S/C23H31ClN4O4S/c1-4-15(17-8-5-13(2)32-17)25-18-19(22(31)21(18)30)26-16-7-6-14(24)23(20(16)29)33-28-11-9-27(3)10-12-28/h6-7,13,15,17,25-26,29H,4-5,8-12H2,1-3H3/t13-,15-,17-/m1/s1. The van der Waals surface area contributed by atoms with Gasteiger partial charge in [-0.1, -0.05) is 18.5 Å². The summed E-state index contributed by atoms with van der Waals surface area (Å²) in [6, 6.07) is 3.23. The lowest BCUT2D eigenvalue weighted by Gasteiger charge is -2.31. The number of phenols is 1. The Balaban J connectivity index is 1.52. The number of ether oxygens (including phenoxy) is 1. The van der Waals surface area contributed by atoms with Gasteiger partial charge in [-0.05, 0) is 57.3 Å². The van der Waals surface area contributed by atoms with Gasteiger partial charge in [0, 0.05) is 26.2 Å². The van der Waals surface area contributed by atoms with Gasteiger partial charge in [-0.25, -0.2) is 4.31 Å². The third kappa shape index (κ3) is 5.17. The molecule has 0 unspecified atom stereocenters. The number of halogens is 1. The molecule has 0 aliphatic carbocycles. The molecule has 2 aromatic rings. The van der Waals surface area contributed by atoms with Gasteiger partial charge >= 0.3 is 0 Å². The number of likely N-dealkylation sites (N-methyl/N-ethyl adjacent to an activating group) is 1. The topological polar surface area (TPSA) is 94.1 Å². The lowest BCUT2D eigenvalue weighted by atomic mass is 10.0. The second kappa shape index (κ2) is 10.2. The third-order valence-electron chi connectivity index (χ3n) is 6.42. The summed E-state index contributed by atoms with van der Waals surface area (Å²) < 4.78 is 8.12. The molecule has 0 saturated carbocycles. The average molecular weight is 495 g/mol. The van der Waals surface area contributed by atoms with E-state index in [2.05, 4.69) is 26.9 Å². The number of rotatable bonds is 8. The van der Waals surface area contributed by atoms with E-state index in [-0.39, 0.29) is 35.4 Å². The number of phenolic OH excluding ortho intramolecular Hbond substituents is 1. The average Bonchev–Trinajstić information content (AvgIpc) is 3.24. The van der Waals surface area contributed by atoms with Gasteiger partial charge in [-0.15, -0.1) is 0 Å². The van der Waals surface area contributed by atoms with E-state index in [4.69, 9.17) is 16.3 Å². The Kier molecular flexibility index (Phi) is 7.55. The number of hydrogen-bond donors (Lipinski definition) is 3. The van der Waals surface area contributed by atoms with Crippen LogP contribution in [0.1, 0.15) is 33.1 Å². The van der Waals surface area contributed by atoms with Gasteiger partial charge in [0.15, 0.2) is 5.75 Å². The highest BCUT2D eigenvalue weighted by Gasteiger charge is 2.32. The Hall–Kier alpha value is -1.78. The molecule has 2 saturated heterocycles. The smallest absolute Gasteiger partial charge is 0.253 e. The maximum atomic E-state index is 12.4. The minimum atomic E-state index is -0.601. The SMILES string of the molecule is CC[C@@H](Nc1c(Nc2ccc(Cl)c(SN3CCN(C)CC3)c2O)c(=O)c1=O)[C@H]1CC[C@@H](C)O1. The molecule has 2 aliphatic heterocycles. The molecule has 8 nitrogen and oxygen atoms in total. The summed E-state index contributed by atoms with van der Waals surface area (Å²) in [6.07, 6.45) is 2.84. The molecule has 0 radical (unpaired) electrons. The summed E-state index contributed by atoms with van der Waals surface area (Å²) in [7, 11) is 2.08. The molecule has 0 amide bonds. The molecule has 33 heavy (non-hydrogen) atoms. The van der Waals surface area contributed by atoms with Gasteiger partial charge in [-0.3, -0.25) is 9.59 Å². The highest BCUT2D eigenvalue weighted by atomic mass is 35.5. The van der Waals surface area contributed by atoms with Crippen LogP contribution < -0.4 is 21.5 Å². The Morgan fingerprint density at radius 2 is 1.88 bits per heavy atom. The monoisotopic (exact) mass is 494 g/mol. The van der Waals surface area contributed by atoms with Crippen LogP contribution in [0.4, 0.5) is 17.1 Å². The Labute approximate surface area is 203 Å². The normalized spacial score (nSPS) is 23.2. The van der Waals surface area contributed by atoms with Gasteiger partial charge in [0.2, 0.25) is 0 Å². The second-order valence-electron chi connectivity index (χ2n) is 8.85.